The molecule has 0 aliphatic rings. The van der Waals surface area contributed by atoms with E-state index in [1.165, 1.54) is 11.8 Å². The zero-order valence-electron chi connectivity index (χ0n) is 8.01. The van der Waals surface area contributed by atoms with Gasteiger partial charge in [0.15, 0.2) is 10.3 Å². The van der Waals surface area contributed by atoms with Gasteiger partial charge in [0.05, 0.1) is 0 Å². The van der Waals surface area contributed by atoms with E-state index in [1.807, 2.05) is 24.3 Å². The Morgan fingerprint density at radius 1 is 1.12 bits per heavy atom. The Bertz CT molecular complexity index is 462. The van der Waals surface area contributed by atoms with Crippen LogP contribution in [0.1, 0.15) is 5.56 Å². The van der Waals surface area contributed by atoms with Gasteiger partial charge in [0.1, 0.15) is 5.15 Å². The molecule has 0 atom stereocenters. The van der Waals surface area contributed by atoms with E-state index in [4.69, 9.17) is 34.8 Å². The van der Waals surface area contributed by atoms with Crippen LogP contribution in [-0.4, -0.2) is 9.97 Å². The highest BCUT2D eigenvalue weighted by atomic mass is 35.5. The number of thioether (sulfide) groups is 1. The molecule has 1 N–H and O–H groups in total. The summed E-state index contributed by atoms with van der Waals surface area (Å²) in [7, 11) is 0. The fourth-order valence-corrected chi connectivity index (χ4v) is 2.43. The minimum atomic E-state index is 0.306. The molecule has 0 saturated carbocycles. The maximum atomic E-state index is 5.79. The topological polar surface area (TPSA) is 28.7 Å². The predicted octanol–water partition coefficient (Wildman–Crippen LogP) is 4.66. The smallest absolute Gasteiger partial charge is 0.168 e. The van der Waals surface area contributed by atoms with Gasteiger partial charge in [-0.15, -0.1) is 0 Å². The Balaban J connectivity index is 1.99. The first-order valence-corrected chi connectivity index (χ1v) is 6.55. The first kappa shape index (κ1) is 12.1. The summed E-state index contributed by atoms with van der Waals surface area (Å²) in [5.74, 6) is 0.789. The monoisotopic (exact) mass is 292 g/mol. The van der Waals surface area contributed by atoms with Gasteiger partial charge in [-0.1, -0.05) is 58.7 Å². The lowest BCUT2D eigenvalue weighted by Crippen LogP contribution is -1.81. The third-order valence-electron chi connectivity index (χ3n) is 1.89. The van der Waals surface area contributed by atoms with Gasteiger partial charge in [-0.05, 0) is 17.7 Å². The Morgan fingerprint density at radius 2 is 1.81 bits per heavy atom. The SMILES string of the molecule is Clc1ccc(CSc2nc(Cl)c(Cl)[nH]2)cc1. The van der Waals surface area contributed by atoms with E-state index in [0.29, 0.717) is 15.5 Å². The lowest BCUT2D eigenvalue weighted by Gasteiger charge is -1.98. The van der Waals surface area contributed by atoms with Crippen molar-refractivity contribution in [2.45, 2.75) is 10.9 Å². The summed E-state index contributed by atoms with van der Waals surface area (Å²) in [6.07, 6.45) is 0. The van der Waals surface area contributed by atoms with Gasteiger partial charge in [0.2, 0.25) is 0 Å². The molecule has 0 spiro atoms. The van der Waals surface area contributed by atoms with Crippen molar-refractivity contribution in [3.05, 3.63) is 45.2 Å². The molecule has 0 amide bonds. The fraction of sp³-hybridized carbons (Fsp3) is 0.100. The van der Waals surface area contributed by atoms with Crippen molar-refractivity contribution in [3.63, 3.8) is 0 Å². The van der Waals surface area contributed by atoms with Gasteiger partial charge >= 0.3 is 0 Å². The Labute approximate surface area is 112 Å². The number of hydrogen-bond acceptors (Lipinski definition) is 2. The summed E-state index contributed by atoms with van der Waals surface area (Å²) in [6, 6.07) is 7.67. The number of nitrogens with one attached hydrogen (secondary N) is 1. The van der Waals surface area contributed by atoms with Crippen LogP contribution < -0.4 is 0 Å². The van der Waals surface area contributed by atoms with Crippen molar-refractivity contribution in [3.8, 4) is 0 Å². The number of halogens is 3. The molecule has 1 heterocycles. The maximum absolute atomic E-state index is 5.79. The molecule has 0 radical (unpaired) electrons. The molecule has 0 aliphatic heterocycles. The molecule has 6 heteroatoms. The second-order valence-corrected chi connectivity index (χ2v) is 5.20. The average molecular weight is 294 g/mol. The number of hydrogen-bond donors (Lipinski definition) is 1. The van der Waals surface area contributed by atoms with Crippen LogP contribution in [0.2, 0.25) is 15.3 Å². The lowest BCUT2D eigenvalue weighted by atomic mass is 10.2. The van der Waals surface area contributed by atoms with Crippen LogP contribution in [0.25, 0.3) is 0 Å². The van der Waals surface area contributed by atoms with Crippen molar-refractivity contribution in [2.24, 2.45) is 0 Å². The lowest BCUT2D eigenvalue weighted by molar-refractivity contribution is 1.06. The summed E-state index contributed by atoms with van der Waals surface area (Å²) < 4.78 is 0. The van der Waals surface area contributed by atoms with Crippen LogP contribution in [0, 0.1) is 0 Å². The Kier molecular flexibility index (Phi) is 4.03. The predicted molar refractivity (Wildman–Crippen MR) is 69.6 cm³/mol. The zero-order chi connectivity index (χ0) is 11.5. The number of imidazole rings is 1. The quantitative estimate of drug-likeness (QED) is 0.834. The van der Waals surface area contributed by atoms with Crippen LogP contribution in [0.3, 0.4) is 0 Å². The summed E-state index contributed by atoms with van der Waals surface area (Å²) in [5, 5.41) is 2.13. The zero-order valence-corrected chi connectivity index (χ0v) is 11.1. The van der Waals surface area contributed by atoms with E-state index in [1.54, 1.807) is 0 Å². The molecule has 2 rings (SSSR count). The van der Waals surface area contributed by atoms with E-state index in [2.05, 4.69) is 9.97 Å². The van der Waals surface area contributed by atoms with Crippen LogP contribution in [0.4, 0.5) is 0 Å². The summed E-state index contributed by atoms with van der Waals surface area (Å²) in [5.41, 5.74) is 1.16. The third-order valence-corrected chi connectivity index (χ3v) is 3.73. The normalized spacial score (nSPS) is 10.7. The second-order valence-electron chi connectivity index (χ2n) is 3.06. The van der Waals surface area contributed by atoms with Crippen molar-refractivity contribution in [2.75, 3.05) is 0 Å². The van der Waals surface area contributed by atoms with Crippen LogP contribution in [0.15, 0.2) is 29.4 Å². The first-order valence-electron chi connectivity index (χ1n) is 4.43. The molecule has 0 aliphatic carbocycles. The van der Waals surface area contributed by atoms with Crippen LogP contribution in [0.5, 0.6) is 0 Å². The van der Waals surface area contributed by atoms with Crippen LogP contribution in [-0.2, 0) is 5.75 Å². The van der Waals surface area contributed by atoms with E-state index in [9.17, 15) is 0 Å². The van der Waals surface area contributed by atoms with E-state index >= 15 is 0 Å². The van der Waals surface area contributed by atoms with Crippen LogP contribution >= 0.6 is 46.6 Å². The number of benzene rings is 1. The molecule has 16 heavy (non-hydrogen) atoms. The van der Waals surface area contributed by atoms with Crippen molar-refractivity contribution in [1.82, 2.24) is 9.97 Å². The van der Waals surface area contributed by atoms with Crippen molar-refractivity contribution in [1.29, 1.82) is 0 Å². The fourth-order valence-electron chi connectivity index (χ4n) is 1.11. The maximum Gasteiger partial charge on any atom is 0.168 e. The summed E-state index contributed by atoms with van der Waals surface area (Å²) in [4.78, 5) is 6.94. The molecular formula is C10H7Cl3N2S. The van der Waals surface area contributed by atoms with Crippen molar-refractivity contribution < 1.29 is 0 Å². The Hall–Kier alpha value is -0.350. The number of aromatic nitrogens is 2. The standard InChI is InChI=1S/C10H7Cl3N2S/c11-7-3-1-6(2-4-7)5-16-10-14-8(12)9(13)15-10/h1-4H,5H2,(H,14,15). The molecule has 0 bridgehead atoms. The molecule has 0 fully saturated rings. The number of aromatic amines is 1. The highest BCUT2D eigenvalue weighted by molar-refractivity contribution is 7.98. The molecule has 1 aromatic carbocycles. The molecule has 2 aromatic rings. The number of H-pyrrole nitrogens is 1. The summed E-state index contributed by atoms with van der Waals surface area (Å²) in [6.45, 7) is 0. The van der Waals surface area contributed by atoms with Gasteiger partial charge in [-0.25, -0.2) is 4.98 Å². The average Bonchev–Trinajstić information content (AvgIpc) is 2.58. The molecule has 1 aromatic heterocycles. The number of rotatable bonds is 3. The van der Waals surface area contributed by atoms with Crippen molar-refractivity contribution >= 4 is 46.6 Å². The second kappa shape index (κ2) is 5.32. The molecule has 2 nitrogen and oxygen atoms in total. The van der Waals surface area contributed by atoms with Gasteiger partial charge in [0, 0.05) is 10.8 Å². The highest BCUT2D eigenvalue weighted by Gasteiger charge is 2.06. The molecule has 0 saturated heterocycles. The van der Waals surface area contributed by atoms with E-state index in [0.717, 1.165) is 16.3 Å². The van der Waals surface area contributed by atoms with Gasteiger partial charge in [0.25, 0.3) is 0 Å². The minimum Gasteiger partial charge on any atom is -0.323 e. The minimum absolute atomic E-state index is 0.306. The van der Waals surface area contributed by atoms with E-state index in [-0.39, 0.29) is 0 Å². The first-order chi connectivity index (χ1) is 7.65. The van der Waals surface area contributed by atoms with Gasteiger partial charge in [-0.2, -0.15) is 0 Å². The van der Waals surface area contributed by atoms with Gasteiger partial charge < -0.3 is 4.98 Å². The third kappa shape index (κ3) is 3.08. The highest BCUT2D eigenvalue weighted by Crippen LogP contribution is 2.26. The largest absolute Gasteiger partial charge is 0.323 e. The summed E-state index contributed by atoms with van der Waals surface area (Å²) >= 11 is 18.8. The number of nitrogens with zero attached hydrogens (tertiary/aromatic N) is 1. The van der Waals surface area contributed by atoms with Gasteiger partial charge in [-0.3, -0.25) is 0 Å². The van der Waals surface area contributed by atoms with E-state index < -0.39 is 0 Å². The Morgan fingerprint density at radius 3 is 2.38 bits per heavy atom. The molecule has 84 valence electrons. The molecular weight excluding hydrogens is 287 g/mol. The molecule has 0 unspecified atom stereocenters.